The van der Waals surface area contributed by atoms with Crippen LogP contribution >= 0.6 is 19.2 Å². The zero-order valence-electron chi connectivity index (χ0n) is 11.4. The average molecular weight is 305 g/mol. The van der Waals surface area contributed by atoms with Gasteiger partial charge in [-0.3, -0.25) is 4.52 Å². The van der Waals surface area contributed by atoms with Crippen molar-refractivity contribution < 1.29 is 13.6 Å². The Hall–Kier alpha value is -0.500. The second-order valence-electron chi connectivity index (χ2n) is 4.38. The van der Waals surface area contributed by atoms with Gasteiger partial charge in [-0.2, -0.15) is 0 Å². The molecule has 1 aromatic rings. The summed E-state index contributed by atoms with van der Waals surface area (Å²) in [5.41, 5.74) is -0.128. The summed E-state index contributed by atoms with van der Waals surface area (Å²) < 4.78 is 23.0. The Kier molecular flexibility index (Phi) is 8.20. The van der Waals surface area contributed by atoms with E-state index in [-0.39, 0.29) is 5.62 Å². The molecule has 0 fully saturated rings. The zero-order chi connectivity index (χ0) is 14.0. The van der Waals surface area contributed by atoms with Crippen LogP contribution in [0, 0.1) is 0 Å². The van der Waals surface area contributed by atoms with Crippen LogP contribution in [0.15, 0.2) is 30.3 Å². The molecule has 0 saturated heterocycles. The van der Waals surface area contributed by atoms with E-state index in [2.05, 4.69) is 6.92 Å². The van der Waals surface area contributed by atoms with Gasteiger partial charge in [-0.05, 0) is 18.6 Å². The Morgan fingerprint density at radius 2 is 1.79 bits per heavy atom. The molecular weight excluding hydrogens is 283 g/mol. The SMILES string of the molecule is CCCCCCCO[P@](=O)(CCl)Oc1ccccc1. The molecule has 0 aliphatic rings. The maximum absolute atomic E-state index is 12.3. The van der Waals surface area contributed by atoms with Crippen LogP contribution in [0.1, 0.15) is 39.0 Å². The summed E-state index contributed by atoms with van der Waals surface area (Å²) in [4.78, 5) is 0. The highest BCUT2D eigenvalue weighted by molar-refractivity contribution is 7.56. The highest BCUT2D eigenvalue weighted by Gasteiger charge is 2.24. The summed E-state index contributed by atoms with van der Waals surface area (Å²) >= 11 is 5.71. The Morgan fingerprint density at radius 3 is 2.42 bits per heavy atom. The quantitative estimate of drug-likeness (QED) is 0.328. The summed E-state index contributed by atoms with van der Waals surface area (Å²) in [5.74, 6) is 0.525. The van der Waals surface area contributed by atoms with E-state index in [1.54, 1.807) is 12.1 Å². The molecule has 0 aliphatic heterocycles. The number of hydrogen-bond acceptors (Lipinski definition) is 3. The first kappa shape index (κ1) is 16.6. The molecule has 3 nitrogen and oxygen atoms in total. The molecule has 0 spiro atoms. The number of unbranched alkanes of at least 4 members (excludes halogenated alkanes) is 4. The van der Waals surface area contributed by atoms with E-state index in [0.717, 1.165) is 12.8 Å². The molecule has 0 radical (unpaired) electrons. The molecule has 0 aliphatic carbocycles. The van der Waals surface area contributed by atoms with Gasteiger partial charge in [0.05, 0.1) is 6.61 Å². The second-order valence-corrected chi connectivity index (χ2v) is 7.00. The van der Waals surface area contributed by atoms with E-state index in [4.69, 9.17) is 20.6 Å². The van der Waals surface area contributed by atoms with Crippen molar-refractivity contribution in [3.8, 4) is 5.75 Å². The predicted octanol–water partition coefficient (Wildman–Crippen LogP) is 5.44. The molecule has 108 valence electrons. The molecule has 5 heteroatoms. The molecule has 19 heavy (non-hydrogen) atoms. The maximum Gasteiger partial charge on any atom is 0.393 e. The molecule has 0 aromatic heterocycles. The van der Waals surface area contributed by atoms with E-state index >= 15 is 0 Å². The van der Waals surface area contributed by atoms with Crippen molar-refractivity contribution in [2.45, 2.75) is 39.0 Å². The van der Waals surface area contributed by atoms with Crippen molar-refractivity contribution >= 4 is 19.2 Å². The van der Waals surface area contributed by atoms with Gasteiger partial charge in [-0.15, -0.1) is 11.6 Å². The molecule has 0 amide bonds. The molecule has 0 unspecified atom stereocenters. The lowest BCUT2D eigenvalue weighted by atomic mass is 10.2. The van der Waals surface area contributed by atoms with E-state index < -0.39 is 7.60 Å². The molecule has 1 aromatic carbocycles. The number of benzene rings is 1. The Morgan fingerprint density at radius 1 is 1.11 bits per heavy atom. The van der Waals surface area contributed by atoms with Crippen LogP contribution in [0.5, 0.6) is 5.75 Å². The summed E-state index contributed by atoms with van der Waals surface area (Å²) in [6, 6.07) is 8.98. The Bertz CT molecular complexity index is 384. The predicted molar refractivity (Wildman–Crippen MR) is 80.1 cm³/mol. The van der Waals surface area contributed by atoms with Crippen molar-refractivity contribution in [3.05, 3.63) is 30.3 Å². The Labute approximate surface area is 120 Å². The molecule has 0 bridgehead atoms. The molecule has 0 saturated carbocycles. The van der Waals surface area contributed by atoms with Gasteiger partial charge in [-0.25, -0.2) is 4.57 Å². The first-order valence-corrected chi connectivity index (χ1v) is 9.00. The fourth-order valence-electron chi connectivity index (χ4n) is 1.64. The highest BCUT2D eigenvalue weighted by Crippen LogP contribution is 2.49. The van der Waals surface area contributed by atoms with Crippen molar-refractivity contribution in [1.29, 1.82) is 0 Å². The minimum atomic E-state index is -3.21. The number of hydrogen-bond donors (Lipinski definition) is 0. The number of rotatable bonds is 10. The van der Waals surface area contributed by atoms with Crippen LogP contribution in [0.2, 0.25) is 0 Å². The van der Waals surface area contributed by atoms with Crippen LogP contribution in [0.25, 0.3) is 0 Å². The van der Waals surface area contributed by atoms with Crippen LogP contribution in [-0.2, 0) is 9.09 Å². The lowest BCUT2D eigenvalue weighted by molar-refractivity contribution is 0.261. The third-order valence-corrected chi connectivity index (χ3v) is 4.91. The summed E-state index contributed by atoms with van der Waals surface area (Å²) in [7, 11) is -3.21. The van der Waals surface area contributed by atoms with E-state index in [1.807, 2.05) is 18.2 Å². The fraction of sp³-hybridized carbons (Fsp3) is 0.571. The molecule has 1 atom stereocenters. The number of alkyl halides is 1. The van der Waals surface area contributed by atoms with E-state index in [1.165, 1.54) is 19.3 Å². The van der Waals surface area contributed by atoms with Crippen LogP contribution in [0.4, 0.5) is 0 Å². The topological polar surface area (TPSA) is 35.5 Å². The zero-order valence-corrected chi connectivity index (χ0v) is 13.0. The molecule has 1 rings (SSSR count). The minimum absolute atomic E-state index is 0.128. The molecule has 0 N–H and O–H groups in total. The first-order valence-electron chi connectivity index (χ1n) is 6.74. The van der Waals surface area contributed by atoms with Crippen molar-refractivity contribution in [2.24, 2.45) is 0 Å². The normalized spacial score (nSPS) is 14.0. The fourth-order valence-corrected chi connectivity index (χ4v) is 3.01. The third kappa shape index (κ3) is 7.00. The number of para-hydroxylation sites is 1. The van der Waals surface area contributed by atoms with Gasteiger partial charge >= 0.3 is 7.60 Å². The molecule has 0 heterocycles. The van der Waals surface area contributed by atoms with Gasteiger partial charge in [0.15, 0.2) is 0 Å². The van der Waals surface area contributed by atoms with Gasteiger partial charge < -0.3 is 4.52 Å². The Balaban J connectivity index is 2.32. The van der Waals surface area contributed by atoms with E-state index in [9.17, 15) is 4.57 Å². The summed E-state index contributed by atoms with van der Waals surface area (Å²) in [5, 5.41) is 0. The van der Waals surface area contributed by atoms with Crippen molar-refractivity contribution in [2.75, 3.05) is 12.2 Å². The van der Waals surface area contributed by atoms with Gasteiger partial charge in [-0.1, -0.05) is 50.8 Å². The maximum atomic E-state index is 12.3. The highest BCUT2D eigenvalue weighted by atomic mass is 35.5. The lowest BCUT2D eigenvalue weighted by Gasteiger charge is -2.17. The van der Waals surface area contributed by atoms with Crippen LogP contribution in [0.3, 0.4) is 0 Å². The van der Waals surface area contributed by atoms with Gasteiger partial charge in [0.1, 0.15) is 11.4 Å². The first-order chi connectivity index (χ1) is 9.20. The minimum Gasteiger partial charge on any atom is -0.424 e. The van der Waals surface area contributed by atoms with Crippen molar-refractivity contribution in [3.63, 3.8) is 0 Å². The molecular formula is C14H22ClO3P. The van der Waals surface area contributed by atoms with Gasteiger partial charge in [0.25, 0.3) is 0 Å². The smallest absolute Gasteiger partial charge is 0.393 e. The van der Waals surface area contributed by atoms with Crippen LogP contribution in [-0.4, -0.2) is 12.2 Å². The van der Waals surface area contributed by atoms with Gasteiger partial charge in [0.2, 0.25) is 0 Å². The monoisotopic (exact) mass is 304 g/mol. The standard InChI is InChI=1S/C14H22ClO3P/c1-2-3-4-5-9-12-17-19(16,13-15)18-14-10-7-6-8-11-14/h6-8,10-11H,2-5,9,12-13H2,1H3/t19-/m1/s1. The third-order valence-electron chi connectivity index (χ3n) is 2.67. The van der Waals surface area contributed by atoms with Crippen molar-refractivity contribution in [1.82, 2.24) is 0 Å². The van der Waals surface area contributed by atoms with Gasteiger partial charge in [0, 0.05) is 0 Å². The number of halogens is 1. The second kappa shape index (κ2) is 9.41. The lowest BCUT2D eigenvalue weighted by Crippen LogP contribution is -2.01. The average Bonchev–Trinajstić information content (AvgIpc) is 2.44. The summed E-state index contributed by atoms with van der Waals surface area (Å²) in [6.45, 7) is 2.60. The summed E-state index contributed by atoms with van der Waals surface area (Å²) in [6.07, 6.45) is 5.59. The van der Waals surface area contributed by atoms with E-state index in [0.29, 0.717) is 12.4 Å². The largest absolute Gasteiger partial charge is 0.424 e. The van der Waals surface area contributed by atoms with Crippen LogP contribution < -0.4 is 4.52 Å².